The van der Waals surface area contributed by atoms with E-state index in [0.717, 1.165) is 38.4 Å². The molecule has 2 nitrogen and oxygen atoms in total. The van der Waals surface area contributed by atoms with Gasteiger partial charge in [0.15, 0.2) is 0 Å². The molecular formula is C9H21NOS. The zero-order valence-corrected chi connectivity index (χ0v) is 9.03. The third-order valence-electron chi connectivity index (χ3n) is 1.55. The summed E-state index contributed by atoms with van der Waals surface area (Å²) in [5.41, 5.74) is 5.44. The van der Waals surface area contributed by atoms with Crippen LogP contribution in [0.25, 0.3) is 0 Å². The fourth-order valence-electron chi connectivity index (χ4n) is 0.873. The van der Waals surface area contributed by atoms with Gasteiger partial charge in [-0.3, -0.25) is 0 Å². The number of thioether (sulfide) groups is 1. The number of hydrogen-bond acceptors (Lipinski definition) is 3. The first-order valence-corrected chi connectivity index (χ1v) is 5.75. The van der Waals surface area contributed by atoms with Crippen LogP contribution in [0.15, 0.2) is 0 Å². The summed E-state index contributed by atoms with van der Waals surface area (Å²) in [4.78, 5) is 0. The normalized spacial score (nSPS) is 13.2. The zero-order chi connectivity index (χ0) is 9.23. The van der Waals surface area contributed by atoms with Crippen LogP contribution < -0.4 is 5.73 Å². The van der Waals surface area contributed by atoms with Gasteiger partial charge in [-0.05, 0) is 19.4 Å². The summed E-state index contributed by atoms with van der Waals surface area (Å²) in [6, 6.07) is 0. The van der Waals surface area contributed by atoms with Gasteiger partial charge in [0.25, 0.3) is 0 Å². The lowest BCUT2D eigenvalue weighted by Crippen LogP contribution is -2.09. The van der Waals surface area contributed by atoms with E-state index in [4.69, 9.17) is 10.5 Å². The van der Waals surface area contributed by atoms with Crippen molar-refractivity contribution in [3.05, 3.63) is 0 Å². The van der Waals surface area contributed by atoms with Crippen LogP contribution in [0.5, 0.6) is 0 Å². The molecule has 0 saturated carbocycles. The maximum atomic E-state index is 5.44. The molecule has 0 aromatic carbocycles. The fourth-order valence-corrected chi connectivity index (χ4v) is 1.79. The van der Waals surface area contributed by atoms with Crippen LogP contribution in [-0.2, 0) is 4.74 Å². The van der Waals surface area contributed by atoms with E-state index in [0.29, 0.717) is 5.25 Å². The molecule has 0 aromatic rings. The van der Waals surface area contributed by atoms with Crippen molar-refractivity contribution in [1.82, 2.24) is 0 Å². The molecule has 0 amide bonds. The summed E-state index contributed by atoms with van der Waals surface area (Å²) in [7, 11) is 0. The first-order valence-electron chi connectivity index (χ1n) is 4.70. The van der Waals surface area contributed by atoms with Crippen LogP contribution in [-0.4, -0.2) is 30.8 Å². The Morgan fingerprint density at radius 3 is 2.75 bits per heavy atom. The van der Waals surface area contributed by atoms with Gasteiger partial charge in [-0.1, -0.05) is 13.8 Å². The minimum atomic E-state index is 0.681. The molecule has 0 aliphatic carbocycles. The Morgan fingerprint density at radius 1 is 1.42 bits per heavy atom. The number of hydrogen-bond donors (Lipinski definition) is 1. The van der Waals surface area contributed by atoms with Gasteiger partial charge >= 0.3 is 0 Å². The van der Waals surface area contributed by atoms with Crippen molar-refractivity contribution in [3.63, 3.8) is 0 Å². The molecule has 0 bridgehead atoms. The largest absolute Gasteiger partial charge is 0.381 e. The van der Waals surface area contributed by atoms with Gasteiger partial charge < -0.3 is 10.5 Å². The molecule has 0 aromatic heterocycles. The average molecular weight is 191 g/mol. The average Bonchev–Trinajstić information content (AvgIpc) is 2.05. The van der Waals surface area contributed by atoms with Crippen molar-refractivity contribution in [2.45, 2.75) is 31.9 Å². The minimum absolute atomic E-state index is 0.681. The first-order chi connectivity index (χ1) is 5.81. The van der Waals surface area contributed by atoms with Crippen LogP contribution in [0.1, 0.15) is 26.7 Å². The highest BCUT2D eigenvalue weighted by Gasteiger charge is 1.99. The summed E-state index contributed by atoms with van der Waals surface area (Å²) in [6.45, 7) is 6.92. The summed E-state index contributed by atoms with van der Waals surface area (Å²) >= 11 is 1.95. The predicted molar refractivity (Wildman–Crippen MR) is 56.7 cm³/mol. The third kappa shape index (κ3) is 8.37. The molecule has 0 spiro atoms. The molecule has 0 fully saturated rings. The van der Waals surface area contributed by atoms with Crippen LogP contribution in [0.2, 0.25) is 0 Å². The third-order valence-corrected chi connectivity index (χ3v) is 2.76. The van der Waals surface area contributed by atoms with Gasteiger partial charge in [-0.25, -0.2) is 0 Å². The molecule has 2 N–H and O–H groups in total. The highest BCUT2D eigenvalue weighted by Crippen LogP contribution is 2.12. The van der Waals surface area contributed by atoms with Crippen molar-refractivity contribution in [2.24, 2.45) is 5.73 Å². The molecule has 0 aliphatic heterocycles. The van der Waals surface area contributed by atoms with E-state index in [9.17, 15) is 0 Å². The monoisotopic (exact) mass is 191 g/mol. The van der Waals surface area contributed by atoms with Crippen molar-refractivity contribution in [2.75, 3.05) is 25.5 Å². The van der Waals surface area contributed by atoms with Crippen molar-refractivity contribution < 1.29 is 4.74 Å². The molecule has 0 aliphatic rings. The number of ether oxygens (including phenoxy) is 1. The van der Waals surface area contributed by atoms with E-state index in [1.165, 1.54) is 0 Å². The number of rotatable bonds is 8. The molecular weight excluding hydrogens is 170 g/mol. The maximum absolute atomic E-state index is 5.44. The van der Waals surface area contributed by atoms with E-state index >= 15 is 0 Å². The van der Waals surface area contributed by atoms with E-state index < -0.39 is 0 Å². The van der Waals surface area contributed by atoms with Crippen molar-refractivity contribution in [1.29, 1.82) is 0 Å². The topological polar surface area (TPSA) is 35.2 Å². The molecule has 1 atom stereocenters. The van der Waals surface area contributed by atoms with Gasteiger partial charge in [0, 0.05) is 17.6 Å². The molecule has 0 rings (SSSR count). The van der Waals surface area contributed by atoms with Gasteiger partial charge in [-0.15, -0.1) is 0 Å². The Labute approximate surface area is 80.2 Å². The second kappa shape index (κ2) is 9.36. The molecule has 0 radical (unpaired) electrons. The van der Waals surface area contributed by atoms with E-state index in [2.05, 4.69) is 13.8 Å². The summed E-state index contributed by atoms with van der Waals surface area (Å²) in [6.07, 6.45) is 2.22. The van der Waals surface area contributed by atoms with Crippen LogP contribution in [0.4, 0.5) is 0 Å². The Kier molecular flexibility index (Phi) is 9.57. The second-order valence-electron chi connectivity index (χ2n) is 2.87. The molecule has 74 valence electrons. The van der Waals surface area contributed by atoms with Crippen molar-refractivity contribution in [3.8, 4) is 0 Å². The maximum Gasteiger partial charge on any atom is 0.0556 e. The van der Waals surface area contributed by atoms with E-state index in [1.807, 2.05) is 11.8 Å². The second-order valence-corrected chi connectivity index (χ2v) is 4.42. The SMILES string of the molecule is CCCOCCSC(C)CCN. The lowest BCUT2D eigenvalue weighted by Gasteiger charge is -2.09. The lowest BCUT2D eigenvalue weighted by molar-refractivity contribution is 0.150. The Hall–Kier alpha value is 0.270. The number of nitrogens with two attached hydrogens (primary N) is 1. The van der Waals surface area contributed by atoms with Crippen LogP contribution in [0, 0.1) is 0 Å². The Balaban J connectivity index is 2.97. The van der Waals surface area contributed by atoms with Gasteiger partial charge in [0.05, 0.1) is 6.61 Å². The van der Waals surface area contributed by atoms with Gasteiger partial charge in [0.2, 0.25) is 0 Å². The zero-order valence-electron chi connectivity index (χ0n) is 8.21. The smallest absolute Gasteiger partial charge is 0.0556 e. The lowest BCUT2D eigenvalue weighted by atomic mass is 10.3. The van der Waals surface area contributed by atoms with E-state index in [1.54, 1.807) is 0 Å². The molecule has 12 heavy (non-hydrogen) atoms. The molecule has 1 unspecified atom stereocenters. The predicted octanol–water partition coefficient (Wildman–Crippen LogP) is 1.88. The minimum Gasteiger partial charge on any atom is -0.381 e. The highest BCUT2D eigenvalue weighted by molar-refractivity contribution is 7.99. The summed E-state index contributed by atoms with van der Waals surface area (Å²) in [5.74, 6) is 1.10. The standard InChI is InChI=1S/C9H21NOS/c1-3-6-11-7-8-12-9(2)4-5-10/h9H,3-8,10H2,1-2H3. The van der Waals surface area contributed by atoms with Gasteiger partial charge in [-0.2, -0.15) is 11.8 Å². The molecule has 0 saturated heterocycles. The Morgan fingerprint density at radius 2 is 2.17 bits per heavy atom. The van der Waals surface area contributed by atoms with E-state index in [-0.39, 0.29) is 0 Å². The summed E-state index contributed by atoms with van der Waals surface area (Å²) < 4.78 is 5.36. The highest BCUT2D eigenvalue weighted by atomic mass is 32.2. The van der Waals surface area contributed by atoms with Crippen LogP contribution >= 0.6 is 11.8 Å². The van der Waals surface area contributed by atoms with Gasteiger partial charge in [0.1, 0.15) is 0 Å². The van der Waals surface area contributed by atoms with Crippen LogP contribution in [0.3, 0.4) is 0 Å². The molecule has 3 heteroatoms. The quantitative estimate of drug-likeness (QED) is 0.595. The molecule has 0 heterocycles. The van der Waals surface area contributed by atoms with Crippen molar-refractivity contribution >= 4 is 11.8 Å². The fraction of sp³-hybridized carbons (Fsp3) is 1.00. The Bertz CT molecular complexity index is 90.6. The summed E-state index contributed by atoms with van der Waals surface area (Å²) in [5, 5.41) is 0.681. The first kappa shape index (κ1) is 12.3.